The molecule has 154 valence electrons. The summed E-state index contributed by atoms with van der Waals surface area (Å²) in [5, 5.41) is 14.5. The number of benzene rings is 1. The highest BCUT2D eigenvalue weighted by atomic mass is 127. The summed E-state index contributed by atoms with van der Waals surface area (Å²) in [6.07, 6.45) is 2.32. The molecular formula is C20H18IN5O4. The molecule has 0 radical (unpaired) electrons. The summed E-state index contributed by atoms with van der Waals surface area (Å²) in [5.74, 6) is -0.0976. The maximum Gasteiger partial charge on any atom is 0.407 e. The van der Waals surface area contributed by atoms with Crippen molar-refractivity contribution in [1.29, 1.82) is 0 Å². The van der Waals surface area contributed by atoms with E-state index in [1.165, 1.54) is 4.90 Å². The third kappa shape index (κ3) is 4.08. The zero-order valence-electron chi connectivity index (χ0n) is 15.8. The van der Waals surface area contributed by atoms with Gasteiger partial charge in [0.25, 0.3) is 11.8 Å². The van der Waals surface area contributed by atoms with Crippen molar-refractivity contribution in [3.05, 3.63) is 57.4 Å². The van der Waals surface area contributed by atoms with Crippen molar-refractivity contribution in [2.24, 2.45) is 0 Å². The van der Waals surface area contributed by atoms with Gasteiger partial charge in [-0.05, 0) is 52.9 Å². The summed E-state index contributed by atoms with van der Waals surface area (Å²) in [6.45, 7) is 2.05. The number of hydrogen-bond donors (Lipinski definition) is 3. The molecule has 0 spiro atoms. The normalized spacial score (nSPS) is 17.6. The lowest BCUT2D eigenvalue weighted by atomic mass is 9.96. The van der Waals surface area contributed by atoms with E-state index in [1.54, 1.807) is 24.5 Å². The van der Waals surface area contributed by atoms with Gasteiger partial charge in [0.05, 0.1) is 17.5 Å². The molecule has 3 N–H and O–H groups in total. The van der Waals surface area contributed by atoms with E-state index in [4.69, 9.17) is 5.11 Å². The number of carbonyl (C=O) groups is 3. The van der Waals surface area contributed by atoms with E-state index in [0.29, 0.717) is 48.6 Å². The number of pyridine rings is 1. The predicted molar refractivity (Wildman–Crippen MR) is 119 cm³/mol. The van der Waals surface area contributed by atoms with Crippen LogP contribution in [0.4, 0.5) is 16.3 Å². The number of nitrogens with one attached hydrogen (secondary N) is 2. The number of nitrogens with zero attached hydrogens (tertiary/aromatic N) is 3. The van der Waals surface area contributed by atoms with Crippen LogP contribution in [0.1, 0.15) is 15.9 Å². The molecule has 0 aliphatic carbocycles. The van der Waals surface area contributed by atoms with E-state index in [9.17, 15) is 14.4 Å². The third-order valence-electron chi connectivity index (χ3n) is 4.99. The van der Waals surface area contributed by atoms with Crippen molar-refractivity contribution < 1.29 is 19.5 Å². The summed E-state index contributed by atoms with van der Waals surface area (Å²) in [6, 6.07) is 9.01. The zero-order valence-corrected chi connectivity index (χ0v) is 17.9. The molecule has 10 heteroatoms. The Morgan fingerprint density at radius 3 is 2.53 bits per heavy atom. The van der Waals surface area contributed by atoms with Crippen LogP contribution in [-0.2, 0) is 4.79 Å². The molecule has 4 rings (SSSR count). The van der Waals surface area contributed by atoms with E-state index in [2.05, 4.69) is 38.2 Å². The maximum atomic E-state index is 12.3. The maximum absolute atomic E-state index is 12.3. The number of carbonyl (C=O) groups excluding carboxylic acids is 2. The van der Waals surface area contributed by atoms with Crippen LogP contribution in [-0.4, -0.2) is 59.1 Å². The number of carboxylic acid groups (broad SMARTS) is 1. The van der Waals surface area contributed by atoms with Gasteiger partial charge in [-0.25, -0.2) is 9.78 Å². The quantitative estimate of drug-likeness (QED) is 0.324. The molecule has 1 aromatic carbocycles. The summed E-state index contributed by atoms with van der Waals surface area (Å²) < 4.78 is 0.925. The summed E-state index contributed by atoms with van der Waals surface area (Å²) in [4.78, 5) is 43.2. The molecule has 1 fully saturated rings. The second-order valence-electron chi connectivity index (χ2n) is 6.84. The van der Waals surface area contributed by atoms with Gasteiger partial charge in [-0.3, -0.25) is 14.9 Å². The topological polar surface area (TPSA) is 115 Å². The molecule has 2 aromatic rings. The van der Waals surface area contributed by atoms with Crippen LogP contribution in [0.15, 0.2) is 42.7 Å². The number of imide groups is 1. The van der Waals surface area contributed by atoms with Crippen molar-refractivity contribution in [3.63, 3.8) is 0 Å². The first-order valence-electron chi connectivity index (χ1n) is 9.23. The van der Waals surface area contributed by atoms with E-state index in [-0.39, 0.29) is 0 Å². The molecule has 1 aromatic heterocycles. The molecule has 0 unspecified atom stereocenters. The number of rotatable bonds is 3. The molecule has 0 atom stereocenters. The van der Waals surface area contributed by atoms with Crippen molar-refractivity contribution in [2.75, 3.05) is 36.4 Å². The Balaban J connectivity index is 1.48. The van der Waals surface area contributed by atoms with Crippen molar-refractivity contribution in [1.82, 2.24) is 15.2 Å². The smallest absolute Gasteiger partial charge is 0.407 e. The highest BCUT2D eigenvalue weighted by molar-refractivity contribution is 14.1. The lowest BCUT2D eigenvalue weighted by Crippen LogP contribution is -2.48. The number of amides is 3. The average Bonchev–Trinajstić information content (AvgIpc) is 2.74. The number of fused-ring (bicyclic) bond motifs is 1. The summed E-state index contributed by atoms with van der Waals surface area (Å²) >= 11 is 2.14. The molecule has 0 saturated carbocycles. The average molecular weight is 519 g/mol. The molecule has 9 nitrogen and oxygen atoms in total. The van der Waals surface area contributed by atoms with E-state index < -0.39 is 17.9 Å². The van der Waals surface area contributed by atoms with Crippen LogP contribution >= 0.6 is 22.6 Å². The van der Waals surface area contributed by atoms with Gasteiger partial charge in [0.2, 0.25) is 0 Å². The monoisotopic (exact) mass is 519 g/mol. The summed E-state index contributed by atoms with van der Waals surface area (Å²) in [7, 11) is 0. The van der Waals surface area contributed by atoms with Crippen LogP contribution in [0.25, 0.3) is 5.57 Å². The number of anilines is 2. The fourth-order valence-electron chi connectivity index (χ4n) is 3.38. The van der Waals surface area contributed by atoms with Gasteiger partial charge in [-0.1, -0.05) is 0 Å². The van der Waals surface area contributed by atoms with E-state index in [0.717, 1.165) is 9.39 Å². The second-order valence-corrected chi connectivity index (χ2v) is 8.08. The van der Waals surface area contributed by atoms with Crippen molar-refractivity contribution in [3.8, 4) is 0 Å². The highest BCUT2D eigenvalue weighted by Gasteiger charge is 2.27. The minimum Gasteiger partial charge on any atom is -0.465 e. The van der Waals surface area contributed by atoms with Crippen LogP contribution in [0.5, 0.6) is 0 Å². The second kappa shape index (κ2) is 8.30. The van der Waals surface area contributed by atoms with Crippen molar-refractivity contribution >= 4 is 57.6 Å². The first-order valence-corrected chi connectivity index (χ1v) is 10.3. The molecule has 2 aliphatic rings. The Morgan fingerprint density at radius 1 is 1.10 bits per heavy atom. The Bertz CT molecular complexity index is 1050. The first kappa shape index (κ1) is 20.1. The zero-order chi connectivity index (χ0) is 21.3. The van der Waals surface area contributed by atoms with Gasteiger partial charge >= 0.3 is 6.09 Å². The molecule has 2 aliphatic heterocycles. The van der Waals surface area contributed by atoms with E-state index in [1.807, 2.05) is 23.1 Å². The minimum absolute atomic E-state index is 0.372. The Kier molecular flexibility index (Phi) is 5.57. The highest BCUT2D eigenvalue weighted by Crippen LogP contribution is 2.26. The lowest BCUT2D eigenvalue weighted by Gasteiger charge is -2.33. The molecule has 0 bridgehead atoms. The molecule has 1 saturated heterocycles. The van der Waals surface area contributed by atoms with Gasteiger partial charge < -0.3 is 20.2 Å². The molecular weight excluding hydrogens is 501 g/mol. The Morgan fingerprint density at radius 2 is 1.87 bits per heavy atom. The van der Waals surface area contributed by atoms with Gasteiger partial charge in [0, 0.05) is 47.1 Å². The number of aromatic nitrogens is 1. The fourth-order valence-corrected chi connectivity index (χ4v) is 3.87. The first-order chi connectivity index (χ1) is 14.4. The standard InChI is InChI=1S/C20H18IN5O4/c21-12-1-3-14-15(9-12)16(19(28)24-18(14)27)11-22-13-2-4-17(23-10-13)25-5-7-26(8-6-25)20(29)30/h1-4,9-11,22H,5-8H2,(H,29,30)(H,24,27,28)/b16-11-. The predicted octanol–water partition coefficient (Wildman–Crippen LogP) is 2.21. The molecule has 3 heterocycles. The van der Waals surface area contributed by atoms with Crippen LogP contribution < -0.4 is 15.5 Å². The SMILES string of the molecule is O=C1NC(=O)c2ccc(I)cc2/C1=C/Nc1ccc(N2CCN(C(=O)O)CC2)nc1. The molecule has 30 heavy (non-hydrogen) atoms. The number of halogens is 1. The van der Waals surface area contributed by atoms with Gasteiger partial charge in [-0.15, -0.1) is 0 Å². The molecule has 3 amide bonds. The minimum atomic E-state index is -0.903. The number of hydrogen-bond acceptors (Lipinski definition) is 6. The Hall–Kier alpha value is -3.15. The van der Waals surface area contributed by atoms with Crippen LogP contribution in [0.3, 0.4) is 0 Å². The summed E-state index contributed by atoms with van der Waals surface area (Å²) in [5.41, 5.74) is 2.10. The third-order valence-corrected chi connectivity index (χ3v) is 5.66. The van der Waals surface area contributed by atoms with Crippen molar-refractivity contribution in [2.45, 2.75) is 0 Å². The van der Waals surface area contributed by atoms with Crippen LogP contribution in [0.2, 0.25) is 0 Å². The van der Waals surface area contributed by atoms with E-state index >= 15 is 0 Å². The van der Waals surface area contributed by atoms with Gasteiger partial charge in [0.15, 0.2) is 0 Å². The van der Waals surface area contributed by atoms with Gasteiger partial charge in [-0.2, -0.15) is 0 Å². The fraction of sp³-hybridized carbons (Fsp3) is 0.200. The lowest BCUT2D eigenvalue weighted by molar-refractivity contribution is -0.114. The van der Waals surface area contributed by atoms with Gasteiger partial charge in [0.1, 0.15) is 5.82 Å². The van der Waals surface area contributed by atoms with Crippen LogP contribution in [0, 0.1) is 3.57 Å². The Labute approximate surface area is 185 Å². The largest absolute Gasteiger partial charge is 0.465 e. The number of piperazine rings is 1.